The Morgan fingerprint density at radius 2 is 1.69 bits per heavy atom. The van der Waals surface area contributed by atoms with Crippen LogP contribution in [-0.2, 0) is 21.2 Å². The van der Waals surface area contributed by atoms with Gasteiger partial charge in [0.15, 0.2) is 0 Å². The van der Waals surface area contributed by atoms with Crippen molar-refractivity contribution in [2.24, 2.45) is 0 Å². The van der Waals surface area contributed by atoms with Gasteiger partial charge >= 0.3 is 0 Å². The molecule has 0 aliphatic rings. The highest BCUT2D eigenvalue weighted by Crippen LogP contribution is 2.30. The summed E-state index contributed by atoms with van der Waals surface area (Å²) in [4.78, 5) is 12.2. The van der Waals surface area contributed by atoms with Gasteiger partial charge in [0.25, 0.3) is 10.0 Å². The molecular weight excluding hydrogens is 395 g/mol. The van der Waals surface area contributed by atoms with E-state index in [1.54, 1.807) is 12.1 Å². The summed E-state index contributed by atoms with van der Waals surface area (Å²) in [6.07, 6.45) is 0.184. The van der Waals surface area contributed by atoms with E-state index in [2.05, 4.69) is 10.0 Å². The quantitative estimate of drug-likeness (QED) is 0.616. The molecule has 0 saturated carbocycles. The van der Waals surface area contributed by atoms with Gasteiger partial charge in [-0.1, -0.05) is 30.3 Å². The van der Waals surface area contributed by atoms with E-state index >= 15 is 0 Å². The molecule has 0 radical (unpaired) electrons. The van der Waals surface area contributed by atoms with E-state index in [-0.39, 0.29) is 28.7 Å². The number of benzene rings is 3. The molecule has 3 aromatic carbocycles. The third-order valence-electron chi connectivity index (χ3n) is 4.06. The molecule has 0 bridgehead atoms. The smallest absolute Gasteiger partial charge is 0.262 e. The van der Waals surface area contributed by atoms with E-state index < -0.39 is 15.8 Å². The largest absolute Gasteiger partial charge is 0.495 e. The summed E-state index contributed by atoms with van der Waals surface area (Å²) < 4.78 is 45.8. The topological polar surface area (TPSA) is 84.5 Å². The van der Waals surface area contributed by atoms with Gasteiger partial charge in [-0.05, 0) is 48.0 Å². The lowest BCUT2D eigenvalue weighted by Crippen LogP contribution is -2.16. The summed E-state index contributed by atoms with van der Waals surface area (Å²) >= 11 is 0. The van der Waals surface area contributed by atoms with Crippen molar-refractivity contribution in [3.63, 3.8) is 0 Å². The maximum Gasteiger partial charge on any atom is 0.262 e. The molecule has 0 saturated heterocycles. The number of sulfonamides is 1. The maximum atomic E-state index is 13.1. The molecule has 6 nitrogen and oxygen atoms in total. The van der Waals surface area contributed by atoms with E-state index in [1.807, 2.05) is 30.3 Å². The van der Waals surface area contributed by atoms with Crippen LogP contribution < -0.4 is 14.8 Å². The molecule has 1 amide bonds. The number of ether oxygens (including phenoxy) is 1. The van der Waals surface area contributed by atoms with Crippen LogP contribution in [0.2, 0.25) is 0 Å². The van der Waals surface area contributed by atoms with Gasteiger partial charge in [-0.2, -0.15) is 0 Å². The Hall–Kier alpha value is -3.39. The fraction of sp³-hybridized carbons (Fsp3) is 0.0952. The number of nitrogens with one attached hydrogen (secondary N) is 2. The van der Waals surface area contributed by atoms with Crippen LogP contribution in [0.15, 0.2) is 77.7 Å². The van der Waals surface area contributed by atoms with Crippen LogP contribution in [0, 0.1) is 5.82 Å². The zero-order valence-corrected chi connectivity index (χ0v) is 16.4. The van der Waals surface area contributed by atoms with Crippen LogP contribution >= 0.6 is 0 Å². The van der Waals surface area contributed by atoms with Gasteiger partial charge in [-0.25, -0.2) is 12.8 Å². The highest BCUT2D eigenvalue weighted by atomic mass is 32.2. The number of methoxy groups -OCH3 is 1. The van der Waals surface area contributed by atoms with Crippen molar-refractivity contribution < 1.29 is 22.3 Å². The number of anilines is 2. The lowest BCUT2D eigenvalue weighted by molar-refractivity contribution is -0.115. The molecule has 0 heterocycles. The first-order valence-electron chi connectivity index (χ1n) is 8.67. The molecule has 0 aliphatic carbocycles. The van der Waals surface area contributed by atoms with Gasteiger partial charge in [0.2, 0.25) is 5.91 Å². The number of carbonyl (C=O) groups is 1. The van der Waals surface area contributed by atoms with Crippen molar-refractivity contribution in [3.8, 4) is 5.75 Å². The molecule has 2 N–H and O–H groups in total. The average Bonchev–Trinajstić information content (AvgIpc) is 2.69. The van der Waals surface area contributed by atoms with Crippen molar-refractivity contribution in [1.29, 1.82) is 0 Å². The molecule has 3 rings (SSSR count). The summed E-state index contributed by atoms with van der Waals surface area (Å²) in [5.74, 6) is -0.505. The molecule has 8 heteroatoms. The highest BCUT2D eigenvalue weighted by Gasteiger charge is 2.17. The number of hydrogen-bond donors (Lipinski definition) is 2. The van der Waals surface area contributed by atoms with Gasteiger partial charge in [-0.3, -0.25) is 9.52 Å². The Kier molecular flexibility index (Phi) is 6.13. The normalized spacial score (nSPS) is 11.0. The van der Waals surface area contributed by atoms with E-state index in [0.717, 1.165) is 29.8 Å². The average molecular weight is 414 g/mol. The van der Waals surface area contributed by atoms with E-state index in [0.29, 0.717) is 5.69 Å². The van der Waals surface area contributed by atoms with Crippen molar-refractivity contribution in [2.45, 2.75) is 11.3 Å². The van der Waals surface area contributed by atoms with Crippen LogP contribution in [0.25, 0.3) is 0 Å². The SMILES string of the molecule is COc1ccc(NC(=O)Cc2ccccc2)cc1NS(=O)(=O)c1ccc(F)cc1. The minimum Gasteiger partial charge on any atom is -0.495 e. The van der Waals surface area contributed by atoms with Crippen LogP contribution in [-0.4, -0.2) is 21.4 Å². The number of rotatable bonds is 7. The second-order valence-electron chi connectivity index (χ2n) is 6.19. The van der Waals surface area contributed by atoms with Crippen molar-refractivity contribution >= 4 is 27.3 Å². The van der Waals surface area contributed by atoms with E-state index in [1.165, 1.54) is 13.2 Å². The zero-order valence-electron chi connectivity index (χ0n) is 15.6. The number of hydrogen-bond acceptors (Lipinski definition) is 4. The second kappa shape index (κ2) is 8.74. The monoisotopic (exact) mass is 414 g/mol. The molecule has 0 fully saturated rings. The zero-order chi connectivity index (χ0) is 20.9. The summed E-state index contributed by atoms with van der Waals surface area (Å²) in [7, 11) is -2.56. The summed E-state index contributed by atoms with van der Waals surface area (Å²) in [6.45, 7) is 0. The number of amides is 1. The molecule has 0 aliphatic heterocycles. The summed E-state index contributed by atoms with van der Waals surface area (Å²) in [5.41, 5.74) is 1.41. The fourth-order valence-electron chi connectivity index (χ4n) is 2.67. The van der Waals surface area contributed by atoms with E-state index in [4.69, 9.17) is 4.74 Å². The number of halogens is 1. The summed E-state index contributed by atoms with van der Waals surface area (Å²) in [5, 5.41) is 2.74. The maximum absolute atomic E-state index is 13.1. The van der Waals surface area contributed by atoms with Crippen LogP contribution in [0.4, 0.5) is 15.8 Å². The third kappa shape index (κ3) is 5.32. The lowest BCUT2D eigenvalue weighted by atomic mass is 10.1. The highest BCUT2D eigenvalue weighted by molar-refractivity contribution is 7.92. The van der Waals surface area contributed by atoms with Gasteiger partial charge < -0.3 is 10.1 Å². The van der Waals surface area contributed by atoms with Crippen LogP contribution in [0.3, 0.4) is 0 Å². The third-order valence-corrected chi connectivity index (χ3v) is 5.44. The lowest BCUT2D eigenvalue weighted by Gasteiger charge is -2.14. The molecule has 0 spiro atoms. The molecule has 29 heavy (non-hydrogen) atoms. The molecule has 0 unspecified atom stereocenters. The van der Waals surface area contributed by atoms with Gasteiger partial charge in [0, 0.05) is 5.69 Å². The predicted molar refractivity (Wildman–Crippen MR) is 109 cm³/mol. The van der Waals surface area contributed by atoms with Crippen molar-refractivity contribution in [1.82, 2.24) is 0 Å². The second-order valence-corrected chi connectivity index (χ2v) is 7.87. The Labute approximate surface area is 168 Å². The molecule has 3 aromatic rings. The van der Waals surface area contributed by atoms with Crippen molar-refractivity contribution in [2.75, 3.05) is 17.1 Å². The Balaban J connectivity index is 1.79. The van der Waals surface area contributed by atoms with Gasteiger partial charge in [0.1, 0.15) is 11.6 Å². The first kappa shape index (κ1) is 20.3. The molecule has 0 atom stereocenters. The standard InChI is InChI=1S/C21H19FN2O4S/c1-28-20-12-9-17(23-21(25)13-15-5-3-2-4-6-15)14-19(20)24-29(26,27)18-10-7-16(22)8-11-18/h2-12,14,24H,13H2,1H3,(H,23,25). The minimum absolute atomic E-state index is 0.0977. The van der Waals surface area contributed by atoms with Crippen LogP contribution in [0.5, 0.6) is 5.75 Å². The van der Waals surface area contributed by atoms with Crippen molar-refractivity contribution in [3.05, 3.63) is 84.2 Å². The first-order valence-corrected chi connectivity index (χ1v) is 10.2. The van der Waals surface area contributed by atoms with Crippen LogP contribution in [0.1, 0.15) is 5.56 Å². The predicted octanol–water partition coefficient (Wildman–Crippen LogP) is 3.82. The molecule has 150 valence electrons. The Bertz CT molecular complexity index is 1100. The number of carbonyl (C=O) groups excluding carboxylic acids is 1. The fourth-order valence-corrected chi connectivity index (χ4v) is 3.73. The van der Waals surface area contributed by atoms with Gasteiger partial charge in [-0.15, -0.1) is 0 Å². The van der Waals surface area contributed by atoms with Gasteiger partial charge in [0.05, 0.1) is 24.1 Å². The summed E-state index contributed by atoms with van der Waals surface area (Å²) in [6, 6.07) is 18.3. The Morgan fingerprint density at radius 1 is 1.00 bits per heavy atom. The van der Waals surface area contributed by atoms with E-state index in [9.17, 15) is 17.6 Å². The molecule has 0 aromatic heterocycles. The minimum atomic E-state index is -3.97. The Morgan fingerprint density at radius 3 is 2.34 bits per heavy atom. The molecular formula is C21H19FN2O4S. The first-order chi connectivity index (χ1) is 13.9.